The Balaban J connectivity index is 1.72. The van der Waals surface area contributed by atoms with Crippen molar-refractivity contribution in [3.05, 3.63) is 70.8 Å². The Morgan fingerprint density at radius 3 is 2.31 bits per heavy atom. The number of likely N-dealkylation sites (tertiary alicyclic amines) is 1. The maximum Gasteiger partial charge on any atom is 0.295 e. The van der Waals surface area contributed by atoms with Crippen LogP contribution >= 0.6 is 0 Å². The van der Waals surface area contributed by atoms with Gasteiger partial charge in [-0.25, -0.2) is 0 Å². The first kappa shape index (κ1) is 25.0. The van der Waals surface area contributed by atoms with Gasteiger partial charge in [0.05, 0.1) is 24.3 Å². The summed E-state index contributed by atoms with van der Waals surface area (Å²) in [7, 11) is 0. The van der Waals surface area contributed by atoms with Crippen LogP contribution in [0.15, 0.2) is 54.1 Å². The molecule has 2 aliphatic rings. The number of carbonyl (C=O) groups excluding carboxylic acids is 2. The van der Waals surface area contributed by atoms with Gasteiger partial charge < -0.3 is 19.5 Å². The minimum absolute atomic E-state index is 0.108. The van der Waals surface area contributed by atoms with Crippen molar-refractivity contribution in [3.8, 4) is 5.75 Å². The number of aliphatic hydroxyl groups is 1. The van der Waals surface area contributed by atoms with Crippen molar-refractivity contribution in [1.82, 2.24) is 4.90 Å². The second-order valence-electron chi connectivity index (χ2n) is 10.1. The van der Waals surface area contributed by atoms with Crippen LogP contribution in [-0.4, -0.2) is 47.6 Å². The van der Waals surface area contributed by atoms with Gasteiger partial charge in [0.1, 0.15) is 11.5 Å². The van der Waals surface area contributed by atoms with E-state index in [2.05, 4.69) is 27.7 Å². The van der Waals surface area contributed by atoms with E-state index in [0.717, 1.165) is 18.4 Å². The molecule has 0 radical (unpaired) electrons. The molecule has 2 aromatic carbocycles. The highest BCUT2D eigenvalue weighted by molar-refractivity contribution is 6.46. The van der Waals surface area contributed by atoms with Crippen LogP contribution in [0.1, 0.15) is 69.2 Å². The maximum atomic E-state index is 13.2. The Morgan fingerprint density at radius 2 is 1.74 bits per heavy atom. The number of hydrogen-bond donors (Lipinski definition) is 1. The smallest absolute Gasteiger partial charge is 0.295 e. The molecule has 2 saturated heterocycles. The molecule has 0 spiro atoms. The molecule has 2 heterocycles. The average Bonchev–Trinajstić information content (AvgIpc) is 3.45. The minimum Gasteiger partial charge on any atom is -0.507 e. The highest BCUT2D eigenvalue weighted by Gasteiger charge is 2.47. The molecule has 186 valence electrons. The van der Waals surface area contributed by atoms with Crippen LogP contribution < -0.4 is 4.74 Å². The largest absolute Gasteiger partial charge is 0.507 e. The number of hydrogen-bond acceptors (Lipinski definition) is 5. The second kappa shape index (κ2) is 10.6. The highest BCUT2D eigenvalue weighted by atomic mass is 16.5. The zero-order valence-electron chi connectivity index (χ0n) is 21.0. The predicted octanol–water partition coefficient (Wildman–Crippen LogP) is 5.45. The Hall–Kier alpha value is -3.12. The lowest BCUT2D eigenvalue weighted by Gasteiger charge is -2.27. The van der Waals surface area contributed by atoms with Gasteiger partial charge in [-0.2, -0.15) is 0 Å². The van der Waals surface area contributed by atoms with Crippen LogP contribution in [0.25, 0.3) is 5.76 Å². The van der Waals surface area contributed by atoms with E-state index in [1.54, 1.807) is 29.2 Å². The molecule has 0 aliphatic carbocycles. The first-order valence-electron chi connectivity index (χ1n) is 12.5. The molecule has 4 rings (SSSR count). The third kappa shape index (κ3) is 5.43. The van der Waals surface area contributed by atoms with Gasteiger partial charge in [-0.1, -0.05) is 52.0 Å². The quantitative estimate of drug-likeness (QED) is 0.311. The molecule has 2 aromatic rings. The Labute approximate surface area is 207 Å². The van der Waals surface area contributed by atoms with Crippen molar-refractivity contribution in [2.45, 2.75) is 58.6 Å². The molecule has 0 saturated carbocycles. The van der Waals surface area contributed by atoms with Crippen LogP contribution in [0.3, 0.4) is 0 Å². The number of ether oxygens (including phenoxy) is 2. The number of benzene rings is 2. The van der Waals surface area contributed by atoms with Crippen LogP contribution in [0.4, 0.5) is 0 Å². The Kier molecular flexibility index (Phi) is 7.60. The number of ketones is 1. The molecule has 35 heavy (non-hydrogen) atoms. The predicted molar refractivity (Wildman–Crippen MR) is 135 cm³/mol. The van der Waals surface area contributed by atoms with E-state index in [9.17, 15) is 14.7 Å². The molecular weight excluding hydrogens is 442 g/mol. The first-order valence-corrected chi connectivity index (χ1v) is 12.5. The average molecular weight is 478 g/mol. The summed E-state index contributed by atoms with van der Waals surface area (Å²) in [6, 6.07) is 14.3. The number of aliphatic hydroxyl groups excluding tert-OH is 1. The van der Waals surface area contributed by atoms with E-state index >= 15 is 0 Å². The van der Waals surface area contributed by atoms with E-state index in [1.165, 1.54) is 5.56 Å². The van der Waals surface area contributed by atoms with Gasteiger partial charge in [0.15, 0.2) is 0 Å². The van der Waals surface area contributed by atoms with E-state index < -0.39 is 17.7 Å². The summed E-state index contributed by atoms with van der Waals surface area (Å²) in [5.41, 5.74) is 2.55. The van der Waals surface area contributed by atoms with Gasteiger partial charge in [-0.05, 0) is 60.1 Å². The molecule has 1 amide bonds. The zero-order chi connectivity index (χ0) is 25.1. The Morgan fingerprint density at radius 1 is 1.06 bits per heavy atom. The van der Waals surface area contributed by atoms with Crippen molar-refractivity contribution in [2.75, 3.05) is 19.8 Å². The van der Waals surface area contributed by atoms with Crippen molar-refractivity contribution in [3.63, 3.8) is 0 Å². The summed E-state index contributed by atoms with van der Waals surface area (Å²) in [6.07, 6.45) is 1.68. The number of carbonyl (C=O) groups is 2. The zero-order valence-corrected chi connectivity index (χ0v) is 21.0. The third-order valence-electron chi connectivity index (χ3n) is 6.59. The van der Waals surface area contributed by atoms with Gasteiger partial charge in [-0.15, -0.1) is 0 Å². The fourth-order valence-electron chi connectivity index (χ4n) is 4.61. The molecule has 2 fully saturated rings. The summed E-state index contributed by atoms with van der Waals surface area (Å²) in [6.45, 7) is 9.95. The standard InChI is InChI=1S/C29H35NO5/c1-18(2)17-35-23-13-11-22(12-14-23)27(31)25-26(21-9-7-20(8-10-21)19(3)4)30(29(33)28(25)32)16-24-6-5-15-34-24/h7-14,18-19,24,26,31H,5-6,15-17H2,1-4H3/b27-25-. The normalized spacial score (nSPS) is 21.9. The van der Waals surface area contributed by atoms with E-state index in [4.69, 9.17) is 9.47 Å². The molecular formula is C29H35NO5. The van der Waals surface area contributed by atoms with Crippen molar-refractivity contribution >= 4 is 17.4 Å². The van der Waals surface area contributed by atoms with Gasteiger partial charge in [0.25, 0.3) is 11.7 Å². The van der Waals surface area contributed by atoms with Crippen molar-refractivity contribution in [1.29, 1.82) is 0 Å². The molecule has 2 unspecified atom stereocenters. The summed E-state index contributed by atoms with van der Waals surface area (Å²) in [5, 5.41) is 11.3. The lowest BCUT2D eigenvalue weighted by molar-refractivity contribution is -0.140. The summed E-state index contributed by atoms with van der Waals surface area (Å²) in [4.78, 5) is 28.0. The van der Waals surface area contributed by atoms with Gasteiger partial charge in [0.2, 0.25) is 0 Å². The molecule has 6 nitrogen and oxygen atoms in total. The number of amides is 1. The van der Waals surface area contributed by atoms with E-state index in [-0.39, 0.29) is 17.4 Å². The molecule has 2 aliphatic heterocycles. The molecule has 0 bridgehead atoms. The monoisotopic (exact) mass is 477 g/mol. The van der Waals surface area contributed by atoms with Crippen LogP contribution in [-0.2, 0) is 14.3 Å². The first-order chi connectivity index (χ1) is 16.8. The van der Waals surface area contributed by atoms with Crippen molar-refractivity contribution in [2.24, 2.45) is 5.92 Å². The van der Waals surface area contributed by atoms with Gasteiger partial charge in [0, 0.05) is 18.7 Å². The number of Topliss-reactive ketones (excluding diaryl/α,β-unsaturated/α-hetero) is 1. The summed E-state index contributed by atoms with van der Waals surface area (Å²) in [5.74, 6) is 0.000560. The van der Waals surface area contributed by atoms with Crippen LogP contribution in [0, 0.1) is 5.92 Å². The topological polar surface area (TPSA) is 76.1 Å². The van der Waals surface area contributed by atoms with Gasteiger partial charge in [-0.3, -0.25) is 9.59 Å². The lowest BCUT2D eigenvalue weighted by atomic mass is 9.93. The summed E-state index contributed by atoms with van der Waals surface area (Å²) >= 11 is 0. The molecule has 2 atom stereocenters. The number of rotatable bonds is 8. The molecule has 0 aromatic heterocycles. The third-order valence-corrected chi connectivity index (χ3v) is 6.59. The number of nitrogens with zero attached hydrogens (tertiary/aromatic N) is 1. The van der Waals surface area contributed by atoms with Gasteiger partial charge >= 0.3 is 0 Å². The van der Waals surface area contributed by atoms with E-state index in [1.807, 2.05) is 24.3 Å². The summed E-state index contributed by atoms with van der Waals surface area (Å²) < 4.78 is 11.5. The van der Waals surface area contributed by atoms with Crippen LogP contribution in [0.5, 0.6) is 5.75 Å². The molecule has 6 heteroatoms. The van der Waals surface area contributed by atoms with Crippen molar-refractivity contribution < 1.29 is 24.2 Å². The molecule has 1 N–H and O–H groups in total. The second-order valence-corrected chi connectivity index (χ2v) is 10.1. The highest BCUT2D eigenvalue weighted by Crippen LogP contribution is 2.40. The fraction of sp³-hybridized carbons (Fsp3) is 0.448. The maximum absolute atomic E-state index is 13.2. The fourth-order valence-corrected chi connectivity index (χ4v) is 4.61. The Bertz CT molecular complexity index is 1080. The SMILES string of the molecule is CC(C)COc1ccc(/C(O)=C2/C(=O)C(=O)N(CC3CCCO3)C2c2ccc(C(C)C)cc2)cc1. The minimum atomic E-state index is -0.669. The van der Waals surface area contributed by atoms with Crippen LogP contribution in [0.2, 0.25) is 0 Å². The lowest BCUT2D eigenvalue weighted by Crippen LogP contribution is -2.36. The van der Waals surface area contributed by atoms with E-state index in [0.29, 0.717) is 42.9 Å².